The van der Waals surface area contributed by atoms with Gasteiger partial charge in [0.05, 0.1) is 23.2 Å². The van der Waals surface area contributed by atoms with Crippen LogP contribution in [0.15, 0.2) is 66.7 Å². The van der Waals surface area contributed by atoms with Gasteiger partial charge in [-0.3, -0.25) is 4.79 Å². The summed E-state index contributed by atoms with van der Waals surface area (Å²) < 4.78 is 2.20. The zero-order chi connectivity index (χ0) is 23.7. The third kappa shape index (κ3) is 4.18. The molecule has 1 aliphatic rings. The van der Waals surface area contributed by atoms with Crippen LogP contribution in [0.5, 0.6) is 0 Å². The van der Waals surface area contributed by atoms with Crippen molar-refractivity contribution < 1.29 is 19.8 Å². The van der Waals surface area contributed by atoms with Gasteiger partial charge in [-0.05, 0) is 60.9 Å². The summed E-state index contributed by atoms with van der Waals surface area (Å²) in [6, 6.07) is 19.8. The van der Waals surface area contributed by atoms with Crippen molar-refractivity contribution in [1.29, 1.82) is 0 Å². The number of carbonyl (C=O) groups excluding carboxylic acids is 1. The van der Waals surface area contributed by atoms with Crippen LogP contribution < -0.4 is 5.32 Å². The Kier molecular flexibility index (Phi) is 5.86. The molecule has 0 unspecified atom stereocenters. The third-order valence-electron chi connectivity index (χ3n) is 6.38. The van der Waals surface area contributed by atoms with Crippen molar-refractivity contribution in [2.24, 2.45) is 0 Å². The predicted octanol–water partition coefficient (Wildman–Crippen LogP) is 5.26. The predicted molar refractivity (Wildman–Crippen MR) is 130 cm³/mol. The molecule has 1 aliphatic carbocycles. The molecule has 0 bridgehead atoms. The van der Waals surface area contributed by atoms with Crippen LogP contribution in [0.25, 0.3) is 22.4 Å². The summed E-state index contributed by atoms with van der Waals surface area (Å²) >= 11 is 0. The van der Waals surface area contributed by atoms with Gasteiger partial charge in [0.1, 0.15) is 5.82 Å². The number of anilines is 1. The zero-order valence-electron chi connectivity index (χ0n) is 18.6. The summed E-state index contributed by atoms with van der Waals surface area (Å²) in [5.41, 5.74) is 4.37. The number of rotatable bonds is 6. The normalized spacial score (nSPS) is 13.9. The van der Waals surface area contributed by atoms with Gasteiger partial charge in [0.15, 0.2) is 0 Å². The molecular weight excluding hydrogens is 430 g/mol. The van der Waals surface area contributed by atoms with Gasteiger partial charge in [-0.1, -0.05) is 37.1 Å². The molecule has 0 radical (unpaired) electrons. The van der Waals surface area contributed by atoms with E-state index in [2.05, 4.69) is 9.88 Å². The Labute approximate surface area is 196 Å². The second-order valence-corrected chi connectivity index (χ2v) is 8.65. The summed E-state index contributed by atoms with van der Waals surface area (Å²) in [6.45, 7) is -0.0971. The van der Waals surface area contributed by atoms with Crippen molar-refractivity contribution >= 4 is 28.6 Å². The molecule has 0 atom stereocenters. The standard InChI is InChI=1S/C27H25N3O4/c31-16-17-5-3-8-21(13-17)28-26(32)19-7-4-6-18(14-19)25-29-23-15-20(27(33)34)11-12-24(23)30(25)22-9-1-2-10-22/h3-8,11-15,22,31H,1-2,9-10,16H2,(H,28,32)(H,33,34). The summed E-state index contributed by atoms with van der Waals surface area (Å²) in [5.74, 6) is -0.502. The fraction of sp³-hybridized carbons (Fsp3) is 0.222. The van der Waals surface area contributed by atoms with Crippen molar-refractivity contribution in [3.63, 3.8) is 0 Å². The first kappa shape index (κ1) is 21.9. The number of aliphatic hydroxyl groups excluding tert-OH is 1. The molecule has 1 amide bonds. The Balaban J connectivity index is 1.54. The number of nitrogens with one attached hydrogen (secondary N) is 1. The fourth-order valence-electron chi connectivity index (χ4n) is 4.72. The van der Waals surface area contributed by atoms with E-state index in [4.69, 9.17) is 4.98 Å². The quantitative estimate of drug-likeness (QED) is 0.368. The van der Waals surface area contributed by atoms with Gasteiger partial charge in [0.25, 0.3) is 5.91 Å². The molecule has 7 heteroatoms. The highest BCUT2D eigenvalue weighted by molar-refractivity contribution is 6.05. The van der Waals surface area contributed by atoms with Gasteiger partial charge in [0.2, 0.25) is 0 Å². The van der Waals surface area contributed by atoms with E-state index in [1.807, 2.05) is 24.3 Å². The molecule has 0 spiro atoms. The Morgan fingerprint density at radius 3 is 2.53 bits per heavy atom. The lowest BCUT2D eigenvalue weighted by atomic mass is 10.1. The van der Waals surface area contributed by atoms with Crippen molar-refractivity contribution in [2.75, 3.05) is 5.32 Å². The molecular formula is C27H25N3O4. The van der Waals surface area contributed by atoms with Crippen LogP contribution in [-0.4, -0.2) is 31.6 Å². The van der Waals surface area contributed by atoms with E-state index in [-0.39, 0.29) is 24.1 Å². The smallest absolute Gasteiger partial charge is 0.335 e. The van der Waals surface area contributed by atoms with Gasteiger partial charge in [0, 0.05) is 22.9 Å². The number of aromatic carboxylic acids is 1. The number of carbonyl (C=O) groups is 2. The minimum absolute atomic E-state index is 0.0971. The molecule has 7 nitrogen and oxygen atoms in total. The second kappa shape index (κ2) is 9.11. The molecule has 0 aliphatic heterocycles. The maximum atomic E-state index is 13.0. The number of aromatic nitrogens is 2. The average Bonchev–Trinajstić information content (AvgIpc) is 3.51. The fourth-order valence-corrected chi connectivity index (χ4v) is 4.72. The highest BCUT2D eigenvalue weighted by atomic mass is 16.4. The topological polar surface area (TPSA) is 104 Å². The number of hydrogen-bond donors (Lipinski definition) is 3. The maximum Gasteiger partial charge on any atom is 0.335 e. The summed E-state index contributed by atoms with van der Waals surface area (Å²) in [5, 5.41) is 21.6. The lowest BCUT2D eigenvalue weighted by Crippen LogP contribution is -2.12. The maximum absolute atomic E-state index is 13.0. The number of benzene rings is 3. The average molecular weight is 456 g/mol. The summed E-state index contributed by atoms with van der Waals surface area (Å²) in [7, 11) is 0. The Hall–Kier alpha value is -3.97. The number of aliphatic hydroxyl groups is 1. The molecule has 172 valence electrons. The molecule has 0 saturated heterocycles. The van der Waals surface area contributed by atoms with E-state index in [9.17, 15) is 19.8 Å². The molecule has 3 N–H and O–H groups in total. The van der Waals surface area contributed by atoms with E-state index in [0.29, 0.717) is 16.8 Å². The van der Waals surface area contributed by atoms with Gasteiger partial charge in [-0.25, -0.2) is 9.78 Å². The van der Waals surface area contributed by atoms with Gasteiger partial charge in [-0.15, -0.1) is 0 Å². The number of carboxylic acid groups (broad SMARTS) is 1. The third-order valence-corrected chi connectivity index (χ3v) is 6.38. The highest BCUT2D eigenvalue weighted by Crippen LogP contribution is 2.37. The highest BCUT2D eigenvalue weighted by Gasteiger charge is 2.24. The monoisotopic (exact) mass is 455 g/mol. The largest absolute Gasteiger partial charge is 0.478 e. The van der Waals surface area contributed by atoms with Crippen LogP contribution in [0.2, 0.25) is 0 Å². The van der Waals surface area contributed by atoms with E-state index < -0.39 is 5.97 Å². The van der Waals surface area contributed by atoms with E-state index >= 15 is 0 Å². The number of hydrogen-bond acceptors (Lipinski definition) is 4. The lowest BCUT2D eigenvalue weighted by Gasteiger charge is -2.17. The molecule has 3 aromatic carbocycles. The summed E-state index contributed by atoms with van der Waals surface area (Å²) in [6.07, 6.45) is 4.37. The van der Waals surface area contributed by atoms with Crippen molar-refractivity contribution in [2.45, 2.75) is 38.3 Å². The van der Waals surface area contributed by atoms with Gasteiger partial charge in [-0.2, -0.15) is 0 Å². The number of nitrogens with zero attached hydrogens (tertiary/aromatic N) is 2. The van der Waals surface area contributed by atoms with E-state index in [1.54, 1.807) is 42.5 Å². The Bertz CT molecular complexity index is 1390. The first-order valence-corrected chi connectivity index (χ1v) is 11.4. The zero-order valence-corrected chi connectivity index (χ0v) is 18.6. The first-order valence-electron chi connectivity index (χ1n) is 11.4. The second-order valence-electron chi connectivity index (χ2n) is 8.65. The first-order chi connectivity index (χ1) is 16.5. The molecule has 5 rings (SSSR count). The molecule has 4 aromatic rings. The number of carboxylic acids is 1. The molecule has 1 saturated carbocycles. The number of fused-ring (bicyclic) bond motifs is 1. The van der Waals surface area contributed by atoms with Crippen LogP contribution in [0.1, 0.15) is 58.0 Å². The van der Waals surface area contributed by atoms with Crippen LogP contribution >= 0.6 is 0 Å². The van der Waals surface area contributed by atoms with Crippen molar-refractivity contribution in [1.82, 2.24) is 9.55 Å². The summed E-state index contributed by atoms with van der Waals surface area (Å²) in [4.78, 5) is 29.3. The minimum Gasteiger partial charge on any atom is -0.478 e. The SMILES string of the molecule is O=C(O)c1ccc2c(c1)nc(-c1cccc(C(=O)Nc3cccc(CO)c3)c1)n2C1CCCC1. The van der Waals surface area contributed by atoms with Crippen LogP contribution in [0.3, 0.4) is 0 Å². The Morgan fingerprint density at radius 1 is 0.971 bits per heavy atom. The van der Waals surface area contributed by atoms with E-state index in [1.165, 1.54) is 0 Å². The van der Waals surface area contributed by atoms with Crippen LogP contribution in [0.4, 0.5) is 5.69 Å². The molecule has 1 aromatic heterocycles. The van der Waals surface area contributed by atoms with E-state index in [0.717, 1.165) is 48.2 Å². The minimum atomic E-state index is -0.984. The van der Waals surface area contributed by atoms with Crippen LogP contribution in [0, 0.1) is 0 Å². The Morgan fingerprint density at radius 2 is 1.76 bits per heavy atom. The van der Waals surface area contributed by atoms with Gasteiger partial charge >= 0.3 is 5.97 Å². The number of imidazole rings is 1. The lowest BCUT2D eigenvalue weighted by molar-refractivity contribution is 0.0696. The van der Waals surface area contributed by atoms with Crippen molar-refractivity contribution in [3.8, 4) is 11.4 Å². The number of amides is 1. The molecule has 34 heavy (non-hydrogen) atoms. The van der Waals surface area contributed by atoms with Crippen LogP contribution in [-0.2, 0) is 6.61 Å². The van der Waals surface area contributed by atoms with Crippen molar-refractivity contribution in [3.05, 3.63) is 83.4 Å². The van der Waals surface area contributed by atoms with Gasteiger partial charge < -0.3 is 20.1 Å². The molecule has 1 fully saturated rings. The molecule has 1 heterocycles.